The van der Waals surface area contributed by atoms with E-state index in [1.165, 1.54) is 9.28 Å². The number of nitrogens with zero attached hydrogens (tertiary/aromatic N) is 5. The van der Waals surface area contributed by atoms with E-state index in [0.29, 0.717) is 6.42 Å². The minimum Gasteiger partial charge on any atom is -0.378 e. The van der Waals surface area contributed by atoms with Crippen molar-refractivity contribution in [2.45, 2.75) is 25.8 Å². The van der Waals surface area contributed by atoms with Gasteiger partial charge >= 0.3 is 0 Å². The fourth-order valence-corrected chi connectivity index (χ4v) is 7.05. The van der Waals surface area contributed by atoms with Gasteiger partial charge in [0.05, 0.1) is 44.3 Å². The van der Waals surface area contributed by atoms with Crippen LogP contribution in [0.4, 0.5) is 0 Å². The molecule has 0 saturated carbocycles. The predicted octanol–water partition coefficient (Wildman–Crippen LogP) is 4.01. The molecule has 1 amide bonds. The molecular formula is C31H39IN5O2+. The molecule has 1 aliphatic carbocycles. The molecule has 2 unspecified atom stereocenters. The van der Waals surface area contributed by atoms with Gasteiger partial charge in [-0.3, -0.25) is 4.79 Å². The van der Waals surface area contributed by atoms with Crippen molar-refractivity contribution in [1.82, 2.24) is 19.6 Å². The van der Waals surface area contributed by atoms with E-state index in [1.807, 2.05) is 24.3 Å². The number of ether oxygens (including phenoxy) is 1. The minimum atomic E-state index is -0.157. The second-order valence-electron chi connectivity index (χ2n) is 11.3. The molecule has 0 aromatic carbocycles. The third-order valence-electron chi connectivity index (χ3n) is 8.05. The molecule has 39 heavy (non-hydrogen) atoms. The van der Waals surface area contributed by atoms with Crippen molar-refractivity contribution in [3.63, 3.8) is 0 Å². The van der Waals surface area contributed by atoms with Crippen molar-refractivity contribution in [3.8, 4) is 0 Å². The standard InChI is InChI=1S/C31H39IN5O2/c1-31(12-6-7-24(32)20-31)28(22-33(2)3)37-14-10-23(8-9-29(37)38)26-11-13-34(4)30-27(26)19-25(21-35(30)5)36-15-17-39-18-16-36/h6-8,10,12-14,19,28H,5,9,15-18,20-22H2,1-4H3/q+1. The third kappa shape index (κ3) is 5.80. The van der Waals surface area contributed by atoms with Gasteiger partial charge in [-0.2, -0.15) is 0 Å². The number of carbonyl (C=O) groups is 1. The lowest BCUT2D eigenvalue weighted by Gasteiger charge is -2.43. The molecule has 5 aliphatic rings. The van der Waals surface area contributed by atoms with Crippen LogP contribution in [0.25, 0.3) is 0 Å². The maximum absolute atomic E-state index is 13.6. The Hall–Kier alpha value is -2.65. The number of morpholine rings is 1. The van der Waals surface area contributed by atoms with Crippen molar-refractivity contribution in [3.05, 3.63) is 86.4 Å². The summed E-state index contributed by atoms with van der Waals surface area (Å²) in [4.78, 5) is 22.3. The number of halogens is 1. The molecular weight excluding hydrogens is 601 g/mol. The molecule has 1 fully saturated rings. The Labute approximate surface area is 246 Å². The number of hydrogen-bond donors (Lipinski definition) is 0. The monoisotopic (exact) mass is 640 g/mol. The molecule has 0 aromatic heterocycles. The summed E-state index contributed by atoms with van der Waals surface area (Å²) in [5.41, 5.74) is 7.70. The third-order valence-corrected chi connectivity index (χ3v) is 8.80. The largest absolute Gasteiger partial charge is 0.378 e. The Balaban J connectivity index is 1.48. The average molecular weight is 641 g/mol. The van der Waals surface area contributed by atoms with Gasteiger partial charge in [0.15, 0.2) is 0 Å². The minimum absolute atomic E-state index is 0.00772. The Morgan fingerprint density at radius 2 is 2.08 bits per heavy atom. The average Bonchev–Trinajstić information content (AvgIpc) is 3.09. The topological polar surface area (TPSA) is 42.3 Å². The summed E-state index contributed by atoms with van der Waals surface area (Å²) in [6, 6.07) is 0.00772. The Bertz CT molecular complexity index is 1300. The van der Waals surface area contributed by atoms with Gasteiger partial charge in [0, 0.05) is 43.2 Å². The van der Waals surface area contributed by atoms with Gasteiger partial charge in [0.25, 0.3) is 5.82 Å². The van der Waals surface area contributed by atoms with Gasteiger partial charge in [0.2, 0.25) is 5.91 Å². The van der Waals surface area contributed by atoms with Crippen molar-refractivity contribution >= 4 is 35.2 Å². The fourth-order valence-electron chi connectivity index (χ4n) is 6.02. The molecule has 2 atom stereocenters. The summed E-state index contributed by atoms with van der Waals surface area (Å²) in [7, 11) is 6.19. The smallest absolute Gasteiger partial charge is 0.290 e. The normalized spacial score (nSPS) is 26.4. The Morgan fingerprint density at radius 1 is 1.31 bits per heavy atom. The summed E-state index contributed by atoms with van der Waals surface area (Å²) in [6.45, 7) is 11.4. The highest BCUT2D eigenvalue weighted by Gasteiger charge is 2.40. The molecule has 0 aromatic rings. The Morgan fingerprint density at radius 3 is 2.79 bits per heavy atom. The summed E-state index contributed by atoms with van der Waals surface area (Å²) in [6.07, 6.45) is 18.2. The fraction of sp³-hybridized carbons (Fsp3) is 0.452. The van der Waals surface area contributed by atoms with E-state index in [9.17, 15) is 4.79 Å². The van der Waals surface area contributed by atoms with Gasteiger partial charge in [-0.15, -0.1) is 0 Å². The quantitative estimate of drug-likeness (QED) is 0.250. The van der Waals surface area contributed by atoms with E-state index in [2.05, 4.69) is 112 Å². The van der Waals surface area contributed by atoms with Gasteiger partial charge in [-0.25, -0.2) is 9.48 Å². The van der Waals surface area contributed by atoms with Crippen LogP contribution in [0.5, 0.6) is 0 Å². The highest BCUT2D eigenvalue weighted by atomic mass is 127. The number of amides is 1. The van der Waals surface area contributed by atoms with Crippen LogP contribution in [-0.4, -0.2) is 103 Å². The van der Waals surface area contributed by atoms with E-state index >= 15 is 0 Å². The van der Waals surface area contributed by atoms with Gasteiger partial charge < -0.3 is 19.4 Å². The molecule has 4 aliphatic heterocycles. The van der Waals surface area contributed by atoms with Crippen molar-refractivity contribution < 1.29 is 14.1 Å². The molecule has 1 saturated heterocycles. The van der Waals surface area contributed by atoms with E-state index < -0.39 is 0 Å². The van der Waals surface area contributed by atoms with Crippen molar-refractivity contribution in [1.29, 1.82) is 0 Å². The molecule has 7 nitrogen and oxygen atoms in total. The number of hydrogen-bond acceptors (Lipinski definition) is 5. The van der Waals surface area contributed by atoms with Gasteiger partial charge in [-0.1, -0.05) is 37.0 Å². The highest BCUT2D eigenvalue weighted by Crippen LogP contribution is 2.41. The highest BCUT2D eigenvalue weighted by molar-refractivity contribution is 14.1. The van der Waals surface area contributed by atoms with E-state index in [4.69, 9.17) is 4.74 Å². The molecule has 0 bridgehead atoms. The van der Waals surface area contributed by atoms with Crippen LogP contribution in [0.15, 0.2) is 86.4 Å². The molecule has 0 N–H and O–H groups in total. The first-order valence-electron chi connectivity index (χ1n) is 13.6. The maximum Gasteiger partial charge on any atom is 0.290 e. The van der Waals surface area contributed by atoms with Crippen LogP contribution in [0.2, 0.25) is 0 Å². The summed E-state index contributed by atoms with van der Waals surface area (Å²) >= 11 is 2.42. The SMILES string of the molecule is C=[N+]1CC(N2CCOCC2)=CC2=C1N(C)C=C=C2C1=CCC(=O)N(C(CN(C)C)C2(C)C=CC=C(I)C2)C=C1. The van der Waals surface area contributed by atoms with Crippen LogP contribution >= 0.6 is 22.6 Å². The summed E-state index contributed by atoms with van der Waals surface area (Å²) < 4.78 is 8.96. The molecule has 8 heteroatoms. The van der Waals surface area contributed by atoms with Crippen LogP contribution in [0.3, 0.4) is 0 Å². The molecule has 0 spiro atoms. The molecule has 206 valence electrons. The number of allylic oxidation sites excluding steroid dienone is 8. The zero-order valence-electron chi connectivity index (χ0n) is 23.5. The van der Waals surface area contributed by atoms with Crippen LogP contribution < -0.4 is 0 Å². The summed E-state index contributed by atoms with van der Waals surface area (Å²) in [5, 5.41) is 0. The number of carbonyl (C=O) groups excluding carboxylic acids is 1. The second-order valence-corrected chi connectivity index (χ2v) is 12.7. The Kier molecular flexibility index (Phi) is 8.19. The number of rotatable bonds is 6. The first-order valence-corrected chi connectivity index (χ1v) is 14.7. The summed E-state index contributed by atoms with van der Waals surface area (Å²) in [5.74, 6) is 1.17. The first kappa shape index (κ1) is 27.9. The van der Waals surface area contributed by atoms with Crippen LogP contribution in [-0.2, 0) is 9.53 Å². The predicted molar refractivity (Wildman–Crippen MR) is 164 cm³/mol. The van der Waals surface area contributed by atoms with E-state index in [1.54, 1.807) is 0 Å². The van der Waals surface area contributed by atoms with Crippen LogP contribution in [0, 0.1) is 5.41 Å². The zero-order valence-corrected chi connectivity index (χ0v) is 25.6. The van der Waals surface area contributed by atoms with Gasteiger partial charge in [-0.05, 0) is 64.4 Å². The molecule has 0 radical (unpaired) electrons. The molecule has 4 heterocycles. The lowest BCUT2D eigenvalue weighted by atomic mass is 9.76. The number of likely N-dealkylation sites (N-methyl/N-ethyl adjacent to an activating group) is 1. The maximum atomic E-state index is 13.6. The molecule has 5 rings (SSSR count). The second kappa shape index (κ2) is 11.5. The van der Waals surface area contributed by atoms with E-state index in [0.717, 1.165) is 68.4 Å². The first-order chi connectivity index (χ1) is 18.7. The lowest BCUT2D eigenvalue weighted by molar-refractivity contribution is -0.480. The van der Waals surface area contributed by atoms with Crippen molar-refractivity contribution in [2.75, 3.05) is 60.5 Å². The lowest BCUT2D eigenvalue weighted by Crippen LogP contribution is -2.51. The van der Waals surface area contributed by atoms with Gasteiger partial charge in [0.1, 0.15) is 12.7 Å². The zero-order chi connectivity index (χ0) is 27.7. The van der Waals surface area contributed by atoms with Crippen molar-refractivity contribution in [2.24, 2.45) is 5.41 Å². The van der Waals surface area contributed by atoms with Crippen LogP contribution in [0.1, 0.15) is 19.8 Å². The van der Waals surface area contributed by atoms with E-state index in [-0.39, 0.29) is 17.4 Å².